The van der Waals surface area contributed by atoms with E-state index in [4.69, 9.17) is 21.4 Å². The topological polar surface area (TPSA) is 32.7 Å². The van der Waals surface area contributed by atoms with E-state index in [2.05, 4.69) is 0 Å². The highest BCUT2D eigenvalue weighted by Crippen LogP contribution is 2.21. The zero-order valence-electron chi connectivity index (χ0n) is 9.74. The third kappa shape index (κ3) is 4.39. The van der Waals surface area contributed by atoms with Crippen molar-refractivity contribution in [2.75, 3.05) is 33.4 Å². The fourth-order valence-electron chi connectivity index (χ4n) is 1.37. The lowest BCUT2D eigenvalue weighted by atomic mass is 10.2. The molecule has 0 fully saturated rings. The van der Waals surface area contributed by atoms with E-state index in [0.717, 1.165) is 22.9 Å². The highest BCUT2D eigenvalue weighted by molar-refractivity contribution is 6.30. The molecule has 0 saturated carbocycles. The maximum atomic E-state index is 8.73. The SMILES string of the molecule is Cc1cc(Cl)ccc1OCCN(C)CCO. The Kier molecular flexibility index (Phi) is 5.60. The van der Waals surface area contributed by atoms with Crippen LogP contribution in [0.1, 0.15) is 5.56 Å². The van der Waals surface area contributed by atoms with E-state index < -0.39 is 0 Å². The summed E-state index contributed by atoms with van der Waals surface area (Å²) in [6.07, 6.45) is 0. The molecular formula is C12H18ClNO2. The highest BCUT2D eigenvalue weighted by atomic mass is 35.5. The summed E-state index contributed by atoms with van der Waals surface area (Å²) in [5.74, 6) is 0.863. The second kappa shape index (κ2) is 6.74. The zero-order chi connectivity index (χ0) is 12.0. The first kappa shape index (κ1) is 13.3. The van der Waals surface area contributed by atoms with Crippen LogP contribution in [0.5, 0.6) is 5.75 Å². The van der Waals surface area contributed by atoms with Gasteiger partial charge in [-0.3, -0.25) is 0 Å². The van der Waals surface area contributed by atoms with Crippen molar-refractivity contribution >= 4 is 11.6 Å². The van der Waals surface area contributed by atoms with Crippen molar-refractivity contribution in [3.8, 4) is 5.75 Å². The van der Waals surface area contributed by atoms with Gasteiger partial charge in [0.05, 0.1) is 6.61 Å². The maximum Gasteiger partial charge on any atom is 0.122 e. The van der Waals surface area contributed by atoms with Crippen LogP contribution in [0.25, 0.3) is 0 Å². The third-order valence-corrected chi connectivity index (χ3v) is 2.58. The molecule has 1 N–H and O–H groups in total. The highest BCUT2D eigenvalue weighted by Gasteiger charge is 2.01. The molecule has 3 nitrogen and oxygen atoms in total. The van der Waals surface area contributed by atoms with E-state index in [9.17, 15) is 0 Å². The summed E-state index contributed by atoms with van der Waals surface area (Å²) in [4.78, 5) is 2.02. The molecule has 0 aliphatic carbocycles. The van der Waals surface area contributed by atoms with Crippen LogP contribution in [0.3, 0.4) is 0 Å². The summed E-state index contributed by atoms with van der Waals surface area (Å²) < 4.78 is 5.63. The van der Waals surface area contributed by atoms with Crippen molar-refractivity contribution in [2.24, 2.45) is 0 Å². The summed E-state index contributed by atoms with van der Waals surface area (Å²) in [5, 5.41) is 9.45. The molecule has 0 unspecified atom stereocenters. The van der Waals surface area contributed by atoms with Gasteiger partial charge in [-0.25, -0.2) is 0 Å². The molecule has 16 heavy (non-hydrogen) atoms. The van der Waals surface area contributed by atoms with E-state index in [1.54, 1.807) is 0 Å². The van der Waals surface area contributed by atoms with Gasteiger partial charge >= 0.3 is 0 Å². The lowest BCUT2D eigenvalue weighted by Crippen LogP contribution is -2.27. The van der Waals surface area contributed by atoms with Crippen molar-refractivity contribution in [2.45, 2.75) is 6.92 Å². The number of nitrogens with zero attached hydrogens (tertiary/aromatic N) is 1. The molecule has 0 spiro atoms. The van der Waals surface area contributed by atoms with Crippen molar-refractivity contribution in [1.29, 1.82) is 0 Å². The second-order valence-electron chi connectivity index (χ2n) is 3.79. The molecule has 0 bridgehead atoms. The number of aliphatic hydroxyl groups excluding tert-OH is 1. The van der Waals surface area contributed by atoms with Crippen LogP contribution in [0.15, 0.2) is 18.2 Å². The summed E-state index contributed by atoms with van der Waals surface area (Å²) in [6, 6.07) is 5.58. The third-order valence-electron chi connectivity index (χ3n) is 2.35. The number of rotatable bonds is 6. The largest absolute Gasteiger partial charge is 0.492 e. The molecule has 0 aliphatic rings. The normalized spacial score (nSPS) is 10.8. The first-order valence-electron chi connectivity index (χ1n) is 5.32. The monoisotopic (exact) mass is 243 g/mol. The summed E-state index contributed by atoms with van der Waals surface area (Å²) in [5.41, 5.74) is 1.04. The number of likely N-dealkylation sites (N-methyl/N-ethyl adjacent to an activating group) is 1. The number of aliphatic hydroxyl groups is 1. The Morgan fingerprint density at radius 3 is 2.75 bits per heavy atom. The molecule has 90 valence electrons. The van der Waals surface area contributed by atoms with Crippen LogP contribution >= 0.6 is 11.6 Å². The van der Waals surface area contributed by atoms with Gasteiger partial charge in [0.15, 0.2) is 0 Å². The predicted molar refractivity (Wildman–Crippen MR) is 66.3 cm³/mol. The van der Waals surface area contributed by atoms with Gasteiger partial charge < -0.3 is 14.7 Å². The molecule has 4 heteroatoms. The molecule has 1 aromatic carbocycles. The van der Waals surface area contributed by atoms with E-state index in [-0.39, 0.29) is 6.61 Å². The minimum absolute atomic E-state index is 0.177. The second-order valence-corrected chi connectivity index (χ2v) is 4.22. The maximum absolute atomic E-state index is 8.73. The number of ether oxygens (including phenoxy) is 1. The van der Waals surface area contributed by atoms with Crippen LogP contribution in [0.2, 0.25) is 5.02 Å². The van der Waals surface area contributed by atoms with Crippen LogP contribution in [0, 0.1) is 6.92 Å². The van der Waals surface area contributed by atoms with Crippen LogP contribution in [0.4, 0.5) is 0 Å². The number of halogens is 1. The summed E-state index contributed by atoms with van der Waals surface area (Å²) in [6.45, 7) is 4.22. The van der Waals surface area contributed by atoms with Gasteiger partial charge in [0.2, 0.25) is 0 Å². The van der Waals surface area contributed by atoms with Gasteiger partial charge in [-0.15, -0.1) is 0 Å². The molecule has 0 heterocycles. The van der Waals surface area contributed by atoms with Crippen molar-refractivity contribution < 1.29 is 9.84 Å². The number of hydrogen-bond acceptors (Lipinski definition) is 3. The van der Waals surface area contributed by atoms with Gasteiger partial charge in [0, 0.05) is 18.1 Å². The molecule has 0 atom stereocenters. The van der Waals surface area contributed by atoms with E-state index in [1.165, 1.54) is 0 Å². The predicted octanol–water partition coefficient (Wildman–Crippen LogP) is 1.95. The molecule has 0 amide bonds. The van der Waals surface area contributed by atoms with E-state index in [1.807, 2.05) is 37.1 Å². The Morgan fingerprint density at radius 1 is 1.38 bits per heavy atom. The number of aryl methyl sites for hydroxylation is 1. The fourth-order valence-corrected chi connectivity index (χ4v) is 1.60. The minimum Gasteiger partial charge on any atom is -0.492 e. The Labute approximate surface area is 102 Å². The standard InChI is InChI=1S/C12H18ClNO2/c1-10-9-11(13)3-4-12(10)16-8-6-14(2)5-7-15/h3-4,9,15H,5-8H2,1-2H3. The van der Waals surface area contributed by atoms with Gasteiger partial charge in [-0.1, -0.05) is 11.6 Å². The van der Waals surface area contributed by atoms with Crippen LogP contribution in [-0.4, -0.2) is 43.4 Å². The molecule has 0 saturated heterocycles. The van der Waals surface area contributed by atoms with Crippen LogP contribution in [-0.2, 0) is 0 Å². The first-order chi connectivity index (χ1) is 7.63. The Balaban J connectivity index is 2.37. The molecular weight excluding hydrogens is 226 g/mol. The van der Waals surface area contributed by atoms with Crippen LogP contribution < -0.4 is 4.74 Å². The Bertz CT molecular complexity index is 331. The fraction of sp³-hybridized carbons (Fsp3) is 0.500. The van der Waals surface area contributed by atoms with E-state index >= 15 is 0 Å². The summed E-state index contributed by atoms with van der Waals surface area (Å²) >= 11 is 5.85. The minimum atomic E-state index is 0.177. The zero-order valence-corrected chi connectivity index (χ0v) is 10.5. The number of benzene rings is 1. The molecule has 1 aromatic rings. The lowest BCUT2D eigenvalue weighted by molar-refractivity contribution is 0.192. The smallest absolute Gasteiger partial charge is 0.122 e. The Morgan fingerprint density at radius 2 is 2.12 bits per heavy atom. The Hall–Kier alpha value is -0.770. The van der Waals surface area contributed by atoms with Gasteiger partial charge in [-0.05, 0) is 37.7 Å². The lowest BCUT2D eigenvalue weighted by Gasteiger charge is -2.16. The molecule has 1 rings (SSSR count). The van der Waals surface area contributed by atoms with Crippen molar-refractivity contribution in [1.82, 2.24) is 4.90 Å². The number of hydrogen-bond donors (Lipinski definition) is 1. The molecule has 0 aliphatic heterocycles. The van der Waals surface area contributed by atoms with Gasteiger partial charge in [-0.2, -0.15) is 0 Å². The average molecular weight is 244 g/mol. The summed E-state index contributed by atoms with van der Waals surface area (Å²) in [7, 11) is 1.95. The molecule has 0 aromatic heterocycles. The van der Waals surface area contributed by atoms with Gasteiger partial charge in [0.1, 0.15) is 12.4 Å². The quantitative estimate of drug-likeness (QED) is 0.829. The van der Waals surface area contributed by atoms with E-state index in [0.29, 0.717) is 13.2 Å². The average Bonchev–Trinajstić information content (AvgIpc) is 2.22. The first-order valence-corrected chi connectivity index (χ1v) is 5.69. The van der Waals surface area contributed by atoms with Crippen molar-refractivity contribution in [3.63, 3.8) is 0 Å². The molecule has 0 radical (unpaired) electrons. The van der Waals surface area contributed by atoms with Gasteiger partial charge in [0.25, 0.3) is 0 Å². The van der Waals surface area contributed by atoms with Crippen molar-refractivity contribution in [3.05, 3.63) is 28.8 Å².